The number of hydrogen-bond donors (Lipinski definition) is 0. The number of rotatable bonds is 7. The van der Waals surface area contributed by atoms with Crippen LogP contribution in [0.25, 0.3) is 5.57 Å². The van der Waals surface area contributed by atoms with E-state index in [-0.39, 0.29) is 18.8 Å². The molecule has 0 radical (unpaired) electrons. The van der Waals surface area contributed by atoms with Crippen molar-refractivity contribution in [3.63, 3.8) is 0 Å². The summed E-state index contributed by atoms with van der Waals surface area (Å²) in [4.78, 5) is 32.9. The molecule has 7 nitrogen and oxygen atoms in total. The van der Waals surface area contributed by atoms with Crippen molar-refractivity contribution in [2.24, 2.45) is 4.99 Å². The smallest absolute Gasteiger partial charge is 0.294 e. The second kappa shape index (κ2) is 7.36. The Bertz CT molecular complexity index is 1020. The third-order valence-corrected chi connectivity index (χ3v) is 4.81. The van der Waals surface area contributed by atoms with Crippen molar-refractivity contribution in [1.29, 1.82) is 0 Å². The highest BCUT2D eigenvalue weighted by Crippen LogP contribution is 2.31. The fourth-order valence-electron chi connectivity index (χ4n) is 3.22. The molecule has 140 valence electrons. The Kier molecular flexibility index (Phi) is 5.14. The van der Waals surface area contributed by atoms with Gasteiger partial charge in [0.2, 0.25) is 0 Å². The minimum absolute atomic E-state index is 0.169. The molecule has 2 aromatic carbocycles. The van der Waals surface area contributed by atoms with Gasteiger partial charge < -0.3 is 9.57 Å². The second-order valence-electron chi connectivity index (χ2n) is 6.19. The summed E-state index contributed by atoms with van der Waals surface area (Å²) in [7, 11) is 1.54. The van der Waals surface area contributed by atoms with Gasteiger partial charge in [0.25, 0.3) is 5.09 Å². The number of halogens is 1. The van der Waals surface area contributed by atoms with Crippen molar-refractivity contribution >= 4 is 23.0 Å². The molecular weight excluding hydrogens is 372 g/mol. The summed E-state index contributed by atoms with van der Waals surface area (Å²) in [5.74, 6) is 0.394. The fraction of sp³-hybridized carbons (Fsp3) is 0.263. The molecule has 1 unspecified atom stereocenters. The van der Waals surface area contributed by atoms with Crippen molar-refractivity contribution < 1.29 is 19.5 Å². The van der Waals surface area contributed by atoms with E-state index in [1.54, 1.807) is 56.5 Å². The fourth-order valence-corrected chi connectivity index (χ4v) is 3.35. The Labute approximate surface area is 160 Å². The molecule has 0 aromatic heterocycles. The molecule has 0 saturated carbocycles. The molecule has 0 amide bonds. The zero-order chi connectivity index (χ0) is 19.6. The average molecular weight is 389 g/mol. The molecule has 0 N–H and O–H groups in total. The van der Waals surface area contributed by atoms with Crippen LogP contribution in [-0.4, -0.2) is 30.1 Å². The zero-order valence-electron chi connectivity index (χ0n) is 14.8. The van der Waals surface area contributed by atoms with Crippen molar-refractivity contribution in [2.45, 2.75) is 18.9 Å². The van der Waals surface area contributed by atoms with Crippen molar-refractivity contribution in [2.75, 3.05) is 13.7 Å². The number of Topliss-reactive ketones (excluding diaryl/α,β-unsaturated/α-hetero) is 1. The molecule has 1 atom stereocenters. The minimum atomic E-state index is -1.19. The van der Waals surface area contributed by atoms with Crippen LogP contribution in [0.2, 0.25) is 5.02 Å². The molecule has 27 heavy (non-hydrogen) atoms. The highest BCUT2D eigenvalue weighted by molar-refractivity contribution is 6.30. The Morgan fingerprint density at radius 2 is 1.96 bits per heavy atom. The van der Waals surface area contributed by atoms with Crippen LogP contribution in [0.4, 0.5) is 0 Å². The monoisotopic (exact) mass is 388 g/mol. The van der Waals surface area contributed by atoms with Gasteiger partial charge in [-0.2, -0.15) is 0 Å². The third kappa shape index (κ3) is 3.64. The highest BCUT2D eigenvalue weighted by Gasteiger charge is 2.40. The summed E-state index contributed by atoms with van der Waals surface area (Å²) in [6, 6.07) is 11.9. The van der Waals surface area contributed by atoms with E-state index < -0.39 is 10.6 Å². The van der Waals surface area contributed by atoms with Crippen molar-refractivity contribution in [3.8, 4) is 5.75 Å². The van der Waals surface area contributed by atoms with E-state index in [1.807, 2.05) is 0 Å². The van der Waals surface area contributed by atoms with Crippen molar-refractivity contribution in [3.05, 3.63) is 73.7 Å². The van der Waals surface area contributed by atoms with Crippen molar-refractivity contribution in [1.82, 2.24) is 0 Å². The SMILES string of the molecule is COc1ccc2c(c1)=C(CCO[N+](=O)[O-])C(C)(C(=O)c1ccc(Cl)cc1)N=2. The maximum Gasteiger partial charge on any atom is 0.294 e. The number of carbonyl (C=O) groups is 1. The van der Waals surface area contributed by atoms with Gasteiger partial charge >= 0.3 is 0 Å². The van der Waals surface area contributed by atoms with Crippen LogP contribution in [0.3, 0.4) is 0 Å². The highest BCUT2D eigenvalue weighted by atomic mass is 35.5. The summed E-state index contributed by atoms with van der Waals surface area (Å²) >= 11 is 5.91. The van der Waals surface area contributed by atoms with Gasteiger partial charge in [0.1, 0.15) is 17.9 Å². The molecule has 0 spiro atoms. The van der Waals surface area contributed by atoms with Gasteiger partial charge in [-0.1, -0.05) is 11.6 Å². The van der Waals surface area contributed by atoms with E-state index in [2.05, 4.69) is 9.83 Å². The second-order valence-corrected chi connectivity index (χ2v) is 6.62. The number of benzene rings is 2. The Morgan fingerprint density at radius 1 is 1.26 bits per heavy atom. The lowest BCUT2D eigenvalue weighted by atomic mass is 9.83. The lowest BCUT2D eigenvalue weighted by Crippen LogP contribution is -2.35. The van der Waals surface area contributed by atoms with Gasteiger partial charge in [-0.15, -0.1) is 10.1 Å². The third-order valence-electron chi connectivity index (χ3n) is 4.56. The quantitative estimate of drug-likeness (QED) is 0.412. The lowest BCUT2D eigenvalue weighted by Gasteiger charge is -2.24. The first-order valence-electron chi connectivity index (χ1n) is 8.20. The van der Waals surface area contributed by atoms with E-state index in [1.165, 1.54) is 0 Å². The topological polar surface area (TPSA) is 91.0 Å². The largest absolute Gasteiger partial charge is 0.497 e. The number of hydrogen-bond acceptors (Lipinski definition) is 6. The number of methoxy groups -OCH3 is 1. The number of carbonyl (C=O) groups excluding carboxylic acids is 1. The zero-order valence-corrected chi connectivity index (χ0v) is 15.5. The maximum atomic E-state index is 13.2. The van der Waals surface area contributed by atoms with E-state index in [4.69, 9.17) is 16.3 Å². The normalized spacial score (nSPS) is 17.8. The molecule has 1 heterocycles. The van der Waals surface area contributed by atoms with Crippen LogP contribution in [0, 0.1) is 10.1 Å². The van der Waals surface area contributed by atoms with Crippen LogP contribution >= 0.6 is 11.6 Å². The van der Waals surface area contributed by atoms with E-state index in [9.17, 15) is 14.9 Å². The van der Waals surface area contributed by atoms with E-state index in [0.717, 1.165) is 5.22 Å². The standard InChI is InChI=1S/C19H17ClN2O5/c1-19(18(23)12-3-5-13(20)6-4-12)16(9-10-27-22(24)25)15-11-14(26-2)7-8-17(15)21-19/h3-8,11H,9-10H2,1-2H3. The van der Waals surface area contributed by atoms with E-state index in [0.29, 0.717) is 27.3 Å². The molecular formula is C19H17ClN2O5. The van der Waals surface area contributed by atoms with E-state index >= 15 is 0 Å². The maximum absolute atomic E-state index is 13.2. The van der Waals surface area contributed by atoms with Gasteiger partial charge in [-0.05, 0) is 61.4 Å². The Morgan fingerprint density at radius 3 is 2.59 bits per heavy atom. The predicted octanol–water partition coefficient (Wildman–Crippen LogP) is 2.37. The molecule has 2 aromatic rings. The van der Waals surface area contributed by atoms with Gasteiger partial charge in [0, 0.05) is 15.8 Å². The summed E-state index contributed by atoms with van der Waals surface area (Å²) in [5, 5.41) is 11.6. The number of ketones is 1. The first-order chi connectivity index (χ1) is 12.8. The van der Waals surface area contributed by atoms with Crippen LogP contribution in [0.15, 0.2) is 47.5 Å². The summed E-state index contributed by atoms with van der Waals surface area (Å²) < 4.78 is 5.26. The lowest BCUT2D eigenvalue weighted by molar-refractivity contribution is -0.757. The predicted molar refractivity (Wildman–Crippen MR) is 98.9 cm³/mol. The molecule has 1 aliphatic heterocycles. The molecule has 0 saturated heterocycles. The van der Waals surface area contributed by atoms with Gasteiger partial charge in [0.15, 0.2) is 5.78 Å². The van der Waals surface area contributed by atoms with Crippen LogP contribution in [0.1, 0.15) is 23.7 Å². The minimum Gasteiger partial charge on any atom is -0.497 e. The average Bonchev–Trinajstić information content (AvgIpc) is 2.93. The molecule has 0 bridgehead atoms. The van der Waals surface area contributed by atoms with Crippen LogP contribution in [0.5, 0.6) is 5.75 Å². The molecule has 0 aliphatic carbocycles. The summed E-state index contributed by atoms with van der Waals surface area (Å²) in [6.07, 6.45) is 0.181. The van der Waals surface area contributed by atoms with Crippen LogP contribution < -0.4 is 15.3 Å². The number of ether oxygens (including phenoxy) is 1. The van der Waals surface area contributed by atoms with Crippen LogP contribution in [-0.2, 0) is 4.84 Å². The number of fused-ring (bicyclic) bond motifs is 1. The Balaban J connectivity index is 2.09. The Hall–Kier alpha value is -2.93. The summed E-state index contributed by atoms with van der Waals surface area (Å²) in [6.45, 7) is 1.54. The molecule has 3 rings (SSSR count). The van der Waals surface area contributed by atoms with Gasteiger partial charge in [-0.25, -0.2) is 0 Å². The molecule has 1 aliphatic rings. The van der Waals surface area contributed by atoms with Gasteiger partial charge in [-0.3, -0.25) is 9.79 Å². The summed E-state index contributed by atoms with van der Waals surface area (Å²) in [5.41, 5.74) is -0.0843. The molecule has 8 heteroatoms. The first kappa shape index (κ1) is 18.8. The van der Waals surface area contributed by atoms with Gasteiger partial charge in [0.05, 0.1) is 12.5 Å². The molecule has 0 fully saturated rings. The first-order valence-corrected chi connectivity index (χ1v) is 8.58. The number of nitrogens with zero attached hydrogens (tertiary/aromatic N) is 2.